The van der Waals surface area contributed by atoms with Crippen molar-refractivity contribution in [2.75, 3.05) is 0 Å². The molecule has 278 valence electrons. The van der Waals surface area contributed by atoms with Crippen LogP contribution in [0.1, 0.15) is 0 Å². The SMILES string of the molecule is c1ccc([As](c2ccccc2)c2ccccc2[As](c2ccccc2[As](c2ccccc2)c2ccccc2)c2ccccc2[As](c2ccccc2)c2ccccc2)cc1. The Morgan fingerprint density at radius 3 is 0.448 bits per heavy atom. The van der Waals surface area contributed by atoms with E-state index in [1.807, 2.05) is 0 Å². The van der Waals surface area contributed by atoms with Gasteiger partial charge in [0.05, 0.1) is 0 Å². The zero-order valence-corrected chi connectivity index (χ0v) is 39.5. The predicted molar refractivity (Wildman–Crippen MR) is 257 cm³/mol. The first-order valence-corrected chi connectivity index (χ1v) is 30.9. The third kappa shape index (κ3) is 8.37. The maximum absolute atomic E-state index is 2.53. The normalized spacial score (nSPS) is 11.4. The summed E-state index contributed by atoms with van der Waals surface area (Å²) < 4.78 is 18.1. The first kappa shape index (κ1) is 38.7. The summed E-state index contributed by atoms with van der Waals surface area (Å²) >= 11 is -8.37. The molecular weight excluding hydrogens is 948 g/mol. The summed E-state index contributed by atoms with van der Waals surface area (Å²) in [5, 5.41) is 0. The molecule has 0 aliphatic carbocycles. The Morgan fingerprint density at radius 1 is 0.138 bits per heavy atom. The summed E-state index contributed by atoms with van der Waals surface area (Å²) in [6.45, 7) is 0. The molecule has 0 radical (unpaired) electrons. The quantitative estimate of drug-likeness (QED) is 0.164. The van der Waals surface area contributed by atoms with Crippen molar-refractivity contribution < 1.29 is 0 Å². The first-order valence-electron chi connectivity index (χ1n) is 19.6. The molecule has 0 amide bonds. The van der Waals surface area contributed by atoms with Gasteiger partial charge >= 0.3 is 366 Å². The van der Waals surface area contributed by atoms with E-state index in [1.165, 1.54) is 26.1 Å². The van der Waals surface area contributed by atoms with Crippen LogP contribution in [0, 0.1) is 0 Å². The molecule has 0 aliphatic heterocycles. The fraction of sp³-hybridized carbons (Fsp3) is 0. The van der Waals surface area contributed by atoms with Crippen LogP contribution in [-0.4, -0.2) is 58.6 Å². The van der Waals surface area contributed by atoms with Gasteiger partial charge in [0.25, 0.3) is 0 Å². The molecular formula is C54H42As4. The van der Waals surface area contributed by atoms with Gasteiger partial charge in [-0.3, -0.25) is 0 Å². The molecule has 0 nitrogen and oxygen atoms in total. The number of hydrogen-bond donors (Lipinski definition) is 0. The Kier molecular flexibility index (Phi) is 12.6. The van der Waals surface area contributed by atoms with Gasteiger partial charge in [0.1, 0.15) is 0 Å². The Hall–Kier alpha value is -4.79. The molecule has 9 aromatic carbocycles. The molecule has 0 spiro atoms. The predicted octanol–water partition coefficient (Wildman–Crippen LogP) is 3.75. The van der Waals surface area contributed by atoms with E-state index < -0.39 is 58.6 Å². The van der Waals surface area contributed by atoms with Gasteiger partial charge < -0.3 is 0 Å². The molecule has 0 unspecified atom stereocenters. The summed E-state index contributed by atoms with van der Waals surface area (Å²) in [6.07, 6.45) is 0. The summed E-state index contributed by atoms with van der Waals surface area (Å²) in [5.74, 6) is 0. The second kappa shape index (κ2) is 18.9. The third-order valence-corrected chi connectivity index (χ3v) is 33.9. The van der Waals surface area contributed by atoms with E-state index in [2.05, 4.69) is 255 Å². The first-order chi connectivity index (χ1) is 28.8. The minimum atomic E-state index is -2.34. The van der Waals surface area contributed by atoms with Crippen LogP contribution < -0.4 is 52.2 Å². The fourth-order valence-electron chi connectivity index (χ4n) is 7.66. The maximum atomic E-state index is 2.53. The molecule has 4 heteroatoms. The molecule has 9 aromatic rings. The zero-order valence-electron chi connectivity index (χ0n) is 32.0. The van der Waals surface area contributed by atoms with Crippen molar-refractivity contribution in [2.24, 2.45) is 0 Å². The van der Waals surface area contributed by atoms with Gasteiger partial charge in [-0.25, -0.2) is 0 Å². The van der Waals surface area contributed by atoms with E-state index in [0.29, 0.717) is 0 Å². The Morgan fingerprint density at radius 2 is 0.276 bits per heavy atom. The molecule has 0 bridgehead atoms. The van der Waals surface area contributed by atoms with Crippen LogP contribution in [0.25, 0.3) is 0 Å². The van der Waals surface area contributed by atoms with Crippen LogP contribution in [-0.2, 0) is 0 Å². The zero-order chi connectivity index (χ0) is 38.9. The van der Waals surface area contributed by atoms with Crippen LogP contribution in [0.2, 0.25) is 0 Å². The number of rotatable bonds is 12. The van der Waals surface area contributed by atoms with Crippen molar-refractivity contribution in [2.45, 2.75) is 0 Å². The molecule has 58 heavy (non-hydrogen) atoms. The third-order valence-electron chi connectivity index (χ3n) is 10.2. The number of hydrogen-bond acceptors (Lipinski definition) is 0. The van der Waals surface area contributed by atoms with Gasteiger partial charge in [-0.05, 0) is 0 Å². The molecule has 0 atom stereocenters. The molecule has 0 fully saturated rings. The van der Waals surface area contributed by atoms with E-state index in [0.717, 1.165) is 0 Å². The molecule has 0 saturated carbocycles. The fourth-order valence-corrected chi connectivity index (χ4v) is 33.9. The summed E-state index contributed by atoms with van der Waals surface area (Å²) in [5.41, 5.74) is 0. The van der Waals surface area contributed by atoms with Crippen LogP contribution in [0.3, 0.4) is 0 Å². The molecule has 0 N–H and O–H groups in total. The van der Waals surface area contributed by atoms with Crippen LogP contribution in [0.4, 0.5) is 0 Å². The summed E-state index contributed by atoms with van der Waals surface area (Å²) in [4.78, 5) is 0. The Balaban J connectivity index is 1.36. The van der Waals surface area contributed by atoms with Crippen molar-refractivity contribution in [3.63, 3.8) is 0 Å². The standard InChI is InChI=1S/C54H42As4/c1-7-25-43(26-8-1)55(44-27-9-2-10-28-44)49-37-19-22-40-52(49)58(53-41-23-20-38-50(53)56(45-29-11-3-12-30-45)46-31-13-4-14-32-46)54-42-24-21-39-51(54)57(47-33-15-5-16-34-47)48-35-17-6-18-36-48/h1-42H. The van der Waals surface area contributed by atoms with Crippen molar-refractivity contribution in [3.8, 4) is 0 Å². The van der Waals surface area contributed by atoms with E-state index in [9.17, 15) is 0 Å². The van der Waals surface area contributed by atoms with Gasteiger partial charge in [-0.1, -0.05) is 0 Å². The molecule has 0 heterocycles. The van der Waals surface area contributed by atoms with Crippen molar-refractivity contribution in [1.82, 2.24) is 0 Å². The molecule has 0 saturated heterocycles. The van der Waals surface area contributed by atoms with Crippen molar-refractivity contribution >= 4 is 111 Å². The second-order valence-electron chi connectivity index (χ2n) is 13.8. The Bertz CT molecular complexity index is 2250. The summed E-state index contributed by atoms with van der Waals surface area (Å²) in [7, 11) is 0. The van der Waals surface area contributed by atoms with Crippen LogP contribution in [0.5, 0.6) is 0 Å². The van der Waals surface area contributed by atoms with Crippen molar-refractivity contribution in [3.05, 3.63) is 255 Å². The van der Waals surface area contributed by atoms with Gasteiger partial charge in [0.15, 0.2) is 0 Å². The molecule has 0 aliphatic rings. The average molecular weight is 991 g/mol. The van der Waals surface area contributed by atoms with Gasteiger partial charge in [-0.2, -0.15) is 0 Å². The second-order valence-corrected chi connectivity index (χ2v) is 32.0. The molecule has 0 aromatic heterocycles. The minimum absolute atomic E-state index is 1.46. The van der Waals surface area contributed by atoms with Gasteiger partial charge in [0.2, 0.25) is 0 Å². The van der Waals surface area contributed by atoms with E-state index >= 15 is 0 Å². The number of benzene rings is 9. The van der Waals surface area contributed by atoms with Crippen LogP contribution in [0.15, 0.2) is 255 Å². The summed E-state index contributed by atoms with van der Waals surface area (Å²) in [6, 6.07) is 97.2. The van der Waals surface area contributed by atoms with E-state index in [4.69, 9.17) is 0 Å². The van der Waals surface area contributed by atoms with Gasteiger partial charge in [-0.15, -0.1) is 0 Å². The molecule has 9 rings (SSSR count). The van der Waals surface area contributed by atoms with Crippen molar-refractivity contribution in [1.29, 1.82) is 0 Å². The average Bonchev–Trinajstić information content (AvgIpc) is 3.30. The monoisotopic (exact) mass is 990 g/mol. The topological polar surface area (TPSA) is 0 Å². The van der Waals surface area contributed by atoms with E-state index in [1.54, 1.807) is 26.1 Å². The van der Waals surface area contributed by atoms with Gasteiger partial charge in [0, 0.05) is 0 Å². The van der Waals surface area contributed by atoms with Crippen LogP contribution >= 0.6 is 0 Å². The Labute approximate surface area is 362 Å². The van der Waals surface area contributed by atoms with E-state index in [-0.39, 0.29) is 0 Å².